The molecule has 0 aliphatic heterocycles. The molecule has 0 amide bonds. The standard InChI is InChI=1S/C20H22FN.C2H6/c1-3-8-16-9-4-5-11-19(16)17-12-13-20(21)18(15(17)2)10-6-7-14-22;1-2/h4-7,9,11-14,22H,3,8,10H2,1-2H3;1-2H3/b7-6-,22-14?;. The molecular formula is C22H28FN. The average Bonchev–Trinajstić information content (AvgIpc) is 2.61. The Morgan fingerprint density at radius 2 is 1.75 bits per heavy atom. The van der Waals surface area contributed by atoms with Crippen LogP contribution in [0.25, 0.3) is 11.1 Å². The summed E-state index contributed by atoms with van der Waals surface area (Å²) < 4.78 is 14.1. The second-order valence-electron chi connectivity index (χ2n) is 5.40. The van der Waals surface area contributed by atoms with E-state index in [1.807, 2.05) is 39.0 Å². The summed E-state index contributed by atoms with van der Waals surface area (Å²) in [6, 6.07) is 11.8. The van der Waals surface area contributed by atoms with Crippen LogP contribution in [0.1, 0.15) is 43.9 Å². The minimum Gasteiger partial charge on any atom is -0.309 e. The molecule has 2 aromatic carbocycles. The van der Waals surface area contributed by atoms with E-state index in [4.69, 9.17) is 5.41 Å². The first-order valence-corrected chi connectivity index (χ1v) is 8.70. The summed E-state index contributed by atoms with van der Waals surface area (Å²) in [6.07, 6.45) is 7.30. The van der Waals surface area contributed by atoms with Gasteiger partial charge in [-0.05, 0) is 59.7 Å². The van der Waals surface area contributed by atoms with Crippen LogP contribution < -0.4 is 0 Å². The van der Waals surface area contributed by atoms with Crippen LogP contribution in [0.2, 0.25) is 0 Å². The maximum absolute atomic E-state index is 14.1. The van der Waals surface area contributed by atoms with Crippen molar-refractivity contribution in [1.82, 2.24) is 0 Å². The van der Waals surface area contributed by atoms with Crippen molar-refractivity contribution < 1.29 is 4.39 Å². The first-order chi connectivity index (χ1) is 11.7. The molecular weight excluding hydrogens is 297 g/mol. The lowest BCUT2D eigenvalue weighted by Gasteiger charge is -2.15. The number of hydrogen-bond acceptors (Lipinski definition) is 1. The smallest absolute Gasteiger partial charge is 0.127 e. The Kier molecular flexibility index (Phi) is 8.70. The normalized spacial score (nSPS) is 10.4. The Hall–Kier alpha value is -2.22. The van der Waals surface area contributed by atoms with Crippen LogP contribution in [0.15, 0.2) is 48.6 Å². The SMILES string of the molecule is CC.CCCc1ccccc1-c1ccc(F)c(C/C=C\C=N)c1C. The van der Waals surface area contributed by atoms with E-state index in [0.29, 0.717) is 12.0 Å². The Bertz CT molecular complexity index is 686. The lowest BCUT2D eigenvalue weighted by atomic mass is 9.90. The van der Waals surface area contributed by atoms with Gasteiger partial charge in [0, 0.05) is 6.21 Å². The second kappa shape index (κ2) is 10.5. The topological polar surface area (TPSA) is 23.9 Å². The third-order valence-electron chi connectivity index (χ3n) is 3.92. The maximum atomic E-state index is 14.1. The molecule has 0 unspecified atom stereocenters. The summed E-state index contributed by atoms with van der Waals surface area (Å²) in [5, 5.41) is 7.02. The summed E-state index contributed by atoms with van der Waals surface area (Å²) in [5.41, 5.74) is 5.30. The van der Waals surface area contributed by atoms with Crippen molar-refractivity contribution in [2.45, 2.75) is 47.0 Å². The summed E-state index contributed by atoms with van der Waals surface area (Å²) in [4.78, 5) is 0. The molecule has 0 aliphatic rings. The zero-order chi connectivity index (χ0) is 17.9. The molecule has 24 heavy (non-hydrogen) atoms. The van der Waals surface area contributed by atoms with Crippen LogP contribution in [0.5, 0.6) is 0 Å². The van der Waals surface area contributed by atoms with Gasteiger partial charge in [-0.2, -0.15) is 0 Å². The molecule has 0 heterocycles. The van der Waals surface area contributed by atoms with Crippen molar-refractivity contribution in [2.75, 3.05) is 0 Å². The Morgan fingerprint density at radius 3 is 2.42 bits per heavy atom. The van der Waals surface area contributed by atoms with Crippen molar-refractivity contribution in [3.63, 3.8) is 0 Å². The minimum absolute atomic E-state index is 0.177. The lowest BCUT2D eigenvalue weighted by molar-refractivity contribution is 0.613. The van der Waals surface area contributed by atoms with E-state index >= 15 is 0 Å². The number of halogens is 1. The highest BCUT2D eigenvalue weighted by Crippen LogP contribution is 2.31. The van der Waals surface area contributed by atoms with E-state index in [2.05, 4.69) is 25.1 Å². The first-order valence-electron chi connectivity index (χ1n) is 8.70. The third kappa shape index (κ3) is 4.89. The highest BCUT2D eigenvalue weighted by atomic mass is 19.1. The minimum atomic E-state index is -0.177. The largest absolute Gasteiger partial charge is 0.309 e. The molecule has 0 aromatic heterocycles. The zero-order valence-corrected chi connectivity index (χ0v) is 15.2. The predicted octanol–water partition coefficient (Wildman–Crippen LogP) is 6.53. The third-order valence-corrected chi connectivity index (χ3v) is 3.92. The zero-order valence-electron chi connectivity index (χ0n) is 15.2. The van der Waals surface area contributed by atoms with Crippen molar-refractivity contribution in [2.24, 2.45) is 0 Å². The van der Waals surface area contributed by atoms with E-state index in [0.717, 1.165) is 24.0 Å². The number of allylic oxidation sites excluding steroid dienone is 2. The predicted molar refractivity (Wildman–Crippen MR) is 104 cm³/mol. The van der Waals surface area contributed by atoms with Gasteiger partial charge in [0.05, 0.1) is 0 Å². The van der Waals surface area contributed by atoms with E-state index in [1.54, 1.807) is 12.1 Å². The second-order valence-corrected chi connectivity index (χ2v) is 5.40. The van der Waals surface area contributed by atoms with Crippen molar-refractivity contribution in [1.29, 1.82) is 5.41 Å². The van der Waals surface area contributed by atoms with Crippen LogP contribution in [0, 0.1) is 18.2 Å². The number of aryl methyl sites for hydroxylation is 1. The van der Waals surface area contributed by atoms with Gasteiger partial charge in [-0.25, -0.2) is 4.39 Å². The molecule has 2 rings (SSSR count). The van der Waals surface area contributed by atoms with Crippen molar-refractivity contribution in [3.8, 4) is 11.1 Å². The molecule has 1 nitrogen and oxygen atoms in total. The van der Waals surface area contributed by atoms with Gasteiger partial charge in [0.1, 0.15) is 5.82 Å². The molecule has 2 aromatic rings. The molecule has 0 bridgehead atoms. The van der Waals surface area contributed by atoms with Crippen LogP contribution in [0.4, 0.5) is 4.39 Å². The van der Waals surface area contributed by atoms with Crippen molar-refractivity contribution >= 4 is 6.21 Å². The highest BCUT2D eigenvalue weighted by molar-refractivity contribution is 5.72. The summed E-state index contributed by atoms with van der Waals surface area (Å²) in [7, 11) is 0. The van der Waals surface area contributed by atoms with Gasteiger partial charge in [-0.1, -0.05) is 63.6 Å². The molecule has 2 heteroatoms. The van der Waals surface area contributed by atoms with Gasteiger partial charge < -0.3 is 5.41 Å². The molecule has 0 atom stereocenters. The highest BCUT2D eigenvalue weighted by Gasteiger charge is 2.12. The fourth-order valence-corrected chi connectivity index (χ4v) is 2.79. The lowest BCUT2D eigenvalue weighted by Crippen LogP contribution is -1.98. The number of benzene rings is 2. The van der Waals surface area contributed by atoms with Gasteiger partial charge in [0.2, 0.25) is 0 Å². The molecule has 0 saturated carbocycles. The van der Waals surface area contributed by atoms with Gasteiger partial charge >= 0.3 is 0 Å². The molecule has 0 saturated heterocycles. The van der Waals surface area contributed by atoms with Crippen molar-refractivity contribution in [3.05, 3.63) is 71.1 Å². The fraction of sp³-hybridized carbons (Fsp3) is 0.318. The van der Waals surface area contributed by atoms with Crippen LogP contribution >= 0.6 is 0 Å². The first kappa shape index (κ1) is 19.8. The van der Waals surface area contributed by atoms with Crippen LogP contribution in [-0.2, 0) is 12.8 Å². The molecule has 0 aliphatic carbocycles. The Labute approximate surface area is 145 Å². The number of nitrogens with one attached hydrogen (secondary N) is 1. The Balaban J connectivity index is 0.00000139. The molecule has 1 N–H and O–H groups in total. The number of rotatable bonds is 6. The summed E-state index contributed by atoms with van der Waals surface area (Å²) in [6.45, 7) is 8.15. The van der Waals surface area contributed by atoms with E-state index in [-0.39, 0.29) is 5.82 Å². The molecule has 0 radical (unpaired) electrons. The van der Waals surface area contributed by atoms with E-state index in [9.17, 15) is 4.39 Å². The summed E-state index contributed by atoms with van der Waals surface area (Å²) >= 11 is 0. The van der Waals surface area contributed by atoms with Crippen LogP contribution in [0.3, 0.4) is 0 Å². The van der Waals surface area contributed by atoms with Gasteiger partial charge in [0.15, 0.2) is 0 Å². The Morgan fingerprint density at radius 1 is 1.04 bits per heavy atom. The quantitative estimate of drug-likeness (QED) is 0.584. The fourth-order valence-electron chi connectivity index (χ4n) is 2.79. The van der Waals surface area contributed by atoms with E-state index in [1.165, 1.54) is 17.3 Å². The average molecular weight is 325 g/mol. The van der Waals surface area contributed by atoms with Gasteiger partial charge in [0.25, 0.3) is 0 Å². The van der Waals surface area contributed by atoms with Crippen LogP contribution in [-0.4, -0.2) is 6.21 Å². The molecule has 0 spiro atoms. The number of hydrogen-bond donors (Lipinski definition) is 1. The van der Waals surface area contributed by atoms with E-state index < -0.39 is 0 Å². The van der Waals surface area contributed by atoms with Gasteiger partial charge in [-0.3, -0.25) is 0 Å². The maximum Gasteiger partial charge on any atom is 0.127 e. The summed E-state index contributed by atoms with van der Waals surface area (Å²) in [5.74, 6) is -0.177. The molecule has 128 valence electrons. The molecule has 0 fully saturated rings. The van der Waals surface area contributed by atoms with Gasteiger partial charge in [-0.15, -0.1) is 0 Å². The monoisotopic (exact) mass is 325 g/mol.